The summed E-state index contributed by atoms with van der Waals surface area (Å²) >= 11 is 1.65. The number of halogens is 1. The molecule has 7 nitrogen and oxygen atoms in total. The third-order valence-electron chi connectivity index (χ3n) is 7.49. The Morgan fingerprint density at radius 2 is 1.83 bits per heavy atom. The molecule has 9 heteroatoms. The summed E-state index contributed by atoms with van der Waals surface area (Å²) in [6.45, 7) is 7.13. The monoisotopic (exact) mass is 498 g/mol. The number of hydrogen-bond donors (Lipinski definition) is 2. The Balaban J connectivity index is 1.36. The first kappa shape index (κ1) is 24.2. The van der Waals surface area contributed by atoms with Crippen LogP contribution < -0.4 is 19.8 Å². The first-order valence-corrected chi connectivity index (χ1v) is 13.8. The number of nitrogens with zero attached hydrogens (tertiary/aromatic N) is 4. The van der Waals surface area contributed by atoms with E-state index in [1.54, 1.807) is 18.0 Å². The van der Waals surface area contributed by atoms with Crippen molar-refractivity contribution >= 4 is 41.0 Å². The van der Waals surface area contributed by atoms with Gasteiger partial charge < -0.3 is 19.8 Å². The van der Waals surface area contributed by atoms with Gasteiger partial charge in [0.1, 0.15) is 12.0 Å². The molecule has 1 aromatic heterocycles. The molecule has 2 aliphatic heterocycles. The molecule has 1 spiro atoms. The Morgan fingerprint density at radius 3 is 2.51 bits per heavy atom. The lowest BCUT2D eigenvalue weighted by molar-refractivity contribution is 0.102. The van der Waals surface area contributed by atoms with Gasteiger partial charge in [0.05, 0.1) is 11.3 Å². The second kappa shape index (κ2) is 10.2. The van der Waals surface area contributed by atoms with Gasteiger partial charge in [-0.25, -0.2) is 9.37 Å². The van der Waals surface area contributed by atoms with E-state index in [0.29, 0.717) is 48.7 Å². The highest BCUT2D eigenvalue weighted by Gasteiger charge is 2.44. The highest BCUT2D eigenvalue weighted by molar-refractivity contribution is 8.00. The number of rotatable bonds is 7. The third kappa shape index (κ3) is 5.66. The molecule has 0 bridgehead atoms. The average molecular weight is 499 g/mol. The van der Waals surface area contributed by atoms with Crippen LogP contribution in [0.15, 0.2) is 24.3 Å². The lowest BCUT2D eigenvalue weighted by Crippen LogP contribution is -2.36. The van der Waals surface area contributed by atoms with E-state index < -0.39 is 6.17 Å². The van der Waals surface area contributed by atoms with E-state index in [2.05, 4.69) is 37.9 Å². The van der Waals surface area contributed by atoms with Crippen LogP contribution in [0.1, 0.15) is 61.5 Å². The zero-order valence-corrected chi connectivity index (χ0v) is 21.5. The second-order valence-electron chi connectivity index (χ2n) is 10.1. The largest absolute Gasteiger partial charge is 0.371 e. The van der Waals surface area contributed by atoms with Gasteiger partial charge in [0, 0.05) is 49.4 Å². The van der Waals surface area contributed by atoms with Gasteiger partial charge in [-0.15, -0.1) is 0 Å². The number of aromatic nitrogens is 2. The van der Waals surface area contributed by atoms with Crippen molar-refractivity contribution in [3.63, 3.8) is 0 Å². The molecule has 2 saturated heterocycles. The Hall–Kier alpha value is -2.55. The summed E-state index contributed by atoms with van der Waals surface area (Å²) in [5.41, 5.74) is 3.97. The smallest absolute Gasteiger partial charge is 0.258 e. The van der Waals surface area contributed by atoms with Gasteiger partial charge in [-0.3, -0.25) is 4.79 Å². The number of carbonyl (C=O) groups excluding carboxylic acids is 1. The molecule has 3 aliphatic rings. The first-order chi connectivity index (χ1) is 16.9. The van der Waals surface area contributed by atoms with E-state index in [9.17, 15) is 9.18 Å². The molecule has 1 saturated carbocycles. The molecule has 35 heavy (non-hydrogen) atoms. The number of piperidine rings is 2. The van der Waals surface area contributed by atoms with Crippen LogP contribution in [0.2, 0.25) is 0 Å². The van der Waals surface area contributed by atoms with Crippen LogP contribution in [0.4, 0.5) is 27.5 Å². The van der Waals surface area contributed by atoms with Crippen LogP contribution in [-0.2, 0) is 0 Å². The third-order valence-corrected chi connectivity index (χ3v) is 8.16. The molecule has 3 heterocycles. The van der Waals surface area contributed by atoms with E-state index in [1.807, 2.05) is 24.0 Å². The lowest BCUT2D eigenvalue weighted by Gasteiger charge is -2.35. The Bertz CT molecular complexity index is 1060. The molecular weight excluding hydrogens is 463 g/mol. The highest BCUT2D eigenvalue weighted by atomic mass is 32.2. The maximum Gasteiger partial charge on any atom is 0.258 e. The summed E-state index contributed by atoms with van der Waals surface area (Å²) in [7, 11) is 0. The van der Waals surface area contributed by atoms with E-state index >= 15 is 0 Å². The molecule has 1 amide bonds. The molecule has 1 aromatic carbocycles. The first-order valence-electron chi connectivity index (χ1n) is 12.8. The lowest BCUT2D eigenvalue weighted by atomic mass is 9.93. The summed E-state index contributed by atoms with van der Waals surface area (Å²) < 4.78 is 17.0. The second-order valence-corrected chi connectivity index (χ2v) is 11.1. The van der Waals surface area contributed by atoms with Crippen LogP contribution in [0.5, 0.6) is 0 Å². The summed E-state index contributed by atoms with van der Waals surface area (Å²) in [6, 6.07) is 7.76. The normalized spacial score (nSPS) is 19.6. The minimum absolute atomic E-state index is 0.173. The number of alkyl halides is 1. The Morgan fingerprint density at radius 1 is 1.09 bits per heavy atom. The van der Waals surface area contributed by atoms with Gasteiger partial charge in [-0.05, 0) is 69.1 Å². The quantitative estimate of drug-likeness (QED) is 0.493. The summed E-state index contributed by atoms with van der Waals surface area (Å²) in [6.07, 6.45) is 5.29. The van der Waals surface area contributed by atoms with Crippen LogP contribution in [0.3, 0.4) is 0 Å². The minimum Gasteiger partial charge on any atom is -0.371 e. The predicted molar refractivity (Wildman–Crippen MR) is 142 cm³/mol. The van der Waals surface area contributed by atoms with E-state index in [0.717, 1.165) is 35.9 Å². The number of amides is 1. The van der Waals surface area contributed by atoms with E-state index in [-0.39, 0.29) is 5.91 Å². The SMILES string of the molecule is CCSNc1ccc(C(=O)Nc2cc(C)nc(N3CCC(F)CC3)n2)c(N2CCC3(CC2)CC3)c1. The molecule has 0 radical (unpaired) electrons. The van der Waals surface area contributed by atoms with Crippen molar-refractivity contribution in [3.05, 3.63) is 35.5 Å². The van der Waals surface area contributed by atoms with Crippen molar-refractivity contribution in [2.24, 2.45) is 5.41 Å². The number of aryl methyl sites for hydroxylation is 1. The molecule has 1 aliphatic carbocycles. The summed E-state index contributed by atoms with van der Waals surface area (Å²) in [4.78, 5) is 27.0. The summed E-state index contributed by atoms with van der Waals surface area (Å²) in [5, 5.41) is 3.01. The van der Waals surface area contributed by atoms with Gasteiger partial charge in [-0.2, -0.15) is 4.98 Å². The fourth-order valence-corrected chi connectivity index (χ4v) is 5.53. The van der Waals surface area contributed by atoms with Gasteiger partial charge in [0.15, 0.2) is 0 Å². The maximum atomic E-state index is 13.6. The molecule has 0 unspecified atom stereocenters. The van der Waals surface area contributed by atoms with Crippen molar-refractivity contribution < 1.29 is 9.18 Å². The molecule has 0 atom stereocenters. The number of benzene rings is 1. The summed E-state index contributed by atoms with van der Waals surface area (Å²) in [5.74, 6) is 1.81. The standard InChI is InChI=1S/C26H35FN6OS/c1-3-35-31-20-4-5-21(22(17-20)32-14-10-26(8-9-26)11-15-32)24(34)29-23-16-18(2)28-25(30-23)33-12-6-19(27)7-13-33/h4-5,16-17,19,31H,3,6-15H2,1-2H3,(H,28,29,30,34). The van der Waals surface area contributed by atoms with Crippen molar-refractivity contribution in [2.45, 2.75) is 58.5 Å². The van der Waals surface area contributed by atoms with Crippen molar-refractivity contribution in [3.8, 4) is 0 Å². The molecular formula is C26H35FN6OS. The number of hydrogen-bond acceptors (Lipinski definition) is 7. The topological polar surface area (TPSA) is 73.4 Å². The number of carbonyl (C=O) groups is 1. The molecule has 188 valence electrons. The van der Waals surface area contributed by atoms with Crippen LogP contribution in [0, 0.1) is 12.3 Å². The molecule has 2 aromatic rings. The van der Waals surface area contributed by atoms with Gasteiger partial charge >= 0.3 is 0 Å². The van der Waals surface area contributed by atoms with E-state index in [1.165, 1.54) is 25.7 Å². The van der Waals surface area contributed by atoms with Gasteiger partial charge in [-0.1, -0.05) is 18.9 Å². The fourth-order valence-electron chi connectivity index (χ4n) is 5.09. The van der Waals surface area contributed by atoms with Crippen LogP contribution in [-0.4, -0.2) is 54.0 Å². The zero-order chi connectivity index (χ0) is 24.4. The predicted octanol–water partition coefficient (Wildman–Crippen LogP) is 5.44. The fraction of sp³-hybridized carbons (Fsp3) is 0.577. The highest BCUT2D eigenvalue weighted by Crippen LogP contribution is 2.54. The average Bonchev–Trinajstić information content (AvgIpc) is 3.61. The molecule has 3 fully saturated rings. The molecule has 2 N–H and O–H groups in total. The maximum absolute atomic E-state index is 13.6. The van der Waals surface area contributed by atoms with Crippen molar-refractivity contribution in [1.29, 1.82) is 0 Å². The van der Waals surface area contributed by atoms with E-state index in [4.69, 9.17) is 0 Å². The Kier molecular flexibility index (Phi) is 7.05. The van der Waals surface area contributed by atoms with Crippen molar-refractivity contribution in [2.75, 3.05) is 51.8 Å². The zero-order valence-electron chi connectivity index (χ0n) is 20.6. The minimum atomic E-state index is -0.758. The van der Waals surface area contributed by atoms with Gasteiger partial charge in [0.25, 0.3) is 5.91 Å². The number of nitrogens with one attached hydrogen (secondary N) is 2. The van der Waals surface area contributed by atoms with Crippen LogP contribution >= 0.6 is 11.9 Å². The van der Waals surface area contributed by atoms with Crippen molar-refractivity contribution in [1.82, 2.24) is 9.97 Å². The van der Waals surface area contributed by atoms with Crippen LogP contribution in [0.25, 0.3) is 0 Å². The van der Waals surface area contributed by atoms with Gasteiger partial charge in [0.2, 0.25) is 5.95 Å². The molecule has 5 rings (SSSR count). The number of anilines is 4. The Labute approximate surface area is 211 Å².